The largest absolute Gasteiger partial charge is 0.378 e. The monoisotopic (exact) mass is 387 g/mol. The van der Waals surface area contributed by atoms with Gasteiger partial charge in [0, 0.05) is 25.2 Å². The molecule has 8 nitrogen and oxygen atoms in total. The zero-order valence-electron chi connectivity index (χ0n) is 16.5. The van der Waals surface area contributed by atoms with Gasteiger partial charge in [0.05, 0.1) is 19.8 Å². The van der Waals surface area contributed by atoms with Crippen LogP contribution in [0.3, 0.4) is 0 Å². The highest BCUT2D eigenvalue weighted by Gasteiger charge is 2.30. The number of aliphatic imine (C=N–C) groups is 1. The lowest BCUT2D eigenvalue weighted by Crippen LogP contribution is -2.48. The molecule has 2 heterocycles. The summed E-state index contributed by atoms with van der Waals surface area (Å²) in [4.78, 5) is 21.1. The Morgan fingerprint density at radius 3 is 2.64 bits per heavy atom. The third-order valence-electron chi connectivity index (χ3n) is 4.66. The molecular formula is C20H29N5O3. The van der Waals surface area contributed by atoms with Crippen molar-refractivity contribution in [2.45, 2.75) is 26.0 Å². The van der Waals surface area contributed by atoms with Crippen molar-refractivity contribution in [2.75, 3.05) is 39.5 Å². The van der Waals surface area contributed by atoms with E-state index in [-0.39, 0.29) is 24.7 Å². The summed E-state index contributed by atoms with van der Waals surface area (Å²) in [5.41, 5.74) is 3.79. The van der Waals surface area contributed by atoms with Gasteiger partial charge in [-0.1, -0.05) is 30.3 Å². The van der Waals surface area contributed by atoms with Crippen molar-refractivity contribution >= 4 is 11.7 Å². The molecule has 152 valence electrons. The second-order valence-electron chi connectivity index (χ2n) is 7.07. The number of benzene rings is 1. The average molecular weight is 387 g/mol. The van der Waals surface area contributed by atoms with Crippen LogP contribution in [0.5, 0.6) is 0 Å². The van der Waals surface area contributed by atoms with E-state index >= 15 is 0 Å². The third kappa shape index (κ3) is 5.09. The minimum Gasteiger partial charge on any atom is -0.378 e. The molecule has 1 atom stereocenters. The van der Waals surface area contributed by atoms with Crippen LogP contribution in [-0.2, 0) is 14.3 Å². The molecule has 28 heavy (non-hydrogen) atoms. The van der Waals surface area contributed by atoms with Crippen LogP contribution in [0.25, 0.3) is 0 Å². The number of ether oxygens (including phenoxy) is 2. The van der Waals surface area contributed by atoms with Crippen molar-refractivity contribution in [3.63, 3.8) is 0 Å². The summed E-state index contributed by atoms with van der Waals surface area (Å²) in [5, 5.41) is 0. The van der Waals surface area contributed by atoms with Crippen LogP contribution in [0.15, 0.2) is 47.2 Å². The van der Waals surface area contributed by atoms with Crippen LogP contribution < -0.4 is 11.3 Å². The second kappa shape index (κ2) is 9.68. The molecule has 2 saturated heterocycles. The number of carbonyl (C=O) groups is 1. The van der Waals surface area contributed by atoms with Gasteiger partial charge >= 0.3 is 0 Å². The highest BCUT2D eigenvalue weighted by molar-refractivity contribution is 6.05. The van der Waals surface area contributed by atoms with Crippen LogP contribution in [0.4, 0.5) is 0 Å². The highest BCUT2D eigenvalue weighted by atomic mass is 16.5. The Balaban J connectivity index is 1.87. The highest BCUT2D eigenvalue weighted by Crippen LogP contribution is 2.23. The molecule has 8 heteroatoms. The van der Waals surface area contributed by atoms with Crippen molar-refractivity contribution < 1.29 is 14.3 Å². The number of nitrogens with two attached hydrogens (primary N) is 1. The Morgan fingerprint density at radius 2 is 2.00 bits per heavy atom. The third-order valence-corrected chi connectivity index (χ3v) is 4.66. The van der Waals surface area contributed by atoms with Gasteiger partial charge in [0.2, 0.25) is 0 Å². The van der Waals surface area contributed by atoms with Crippen molar-refractivity contribution in [1.82, 2.24) is 15.2 Å². The molecule has 2 aliphatic heterocycles. The molecule has 3 N–H and O–H groups in total. The zero-order chi connectivity index (χ0) is 19.9. The summed E-state index contributed by atoms with van der Waals surface area (Å²) in [5.74, 6) is 6.98. The van der Waals surface area contributed by atoms with Gasteiger partial charge in [0.1, 0.15) is 24.4 Å². The van der Waals surface area contributed by atoms with Crippen LogP contribution in [-0.4, -0.2) is 67.0 Å². The normalized spacial score (nSPS) is 22.0. The van der Waals surface area contributed by atoms with E-state index in [1.807, 2.05) is 50.3 Å². The standard InChI is InChI=1S/C20H29N5O3/c1-15(2)22-18(12-19(23-21)24-8-10-27-11-9-24)25-13-17(28-14-20(25)26)16-6-4-3-5-7-16/h3-7,12,15,17,23H,8-11,13-14,21H2,1-2H3/b19-12+,22-18+. The second-order valence-corrected chi connectivity index (χ2v) is 7.07. The maximum absolute atomic E-state index is 12.6. The molecule has 0 spiro atoms. The maximum Gasteiger partial charge on any atom is 0.254 e. The lowest BCUT2D eigenvalue weighted by Gasteiger charge is -2.34. The lowest BCUT2D eigenvalue weighted by atomic mass is 10.1. The van der Waals surface area contributed by atoms with E-state index < -0.39 is 0 Å². The minimum absolute atomic E-state index is 0.0213. The van der Waals surface area contributed by atoms with E-state index in [1.54, 1.807) is 4.90 Å². The van der Waals surface area contributed by atoms with Gasteiger partial charge in [-0.25, -0.2) is 5.84 Å². The number of morpholine rings is 2. The maximum atomic E-state index is 12.6. The summed E-state index contributed by atoms with van der Waals surface area (Å²) in [6, 6.07) is 9.95. The van der Waals surface area contributed by atoms with Crippen molar-refractivity contribution in [1.29, 1.82) is 0 Å². The SMILES string of the molecule is CC(C)/N=C(\C=C(/NN)N1CCOCC1)N1CC(c2ccccc2)OCC1=O. The molecule has 1 aromatic carbocycles. The zero-order valence-corrected chi connectivity index (χ0v) is 16.5. The fraction of sp³-hybridized carbons (Fsp3) is 0.500. The van der Waals surface area contributed by atoms with E-state index in [0.717, 1.165) is 24.5 Å². The summed E-state index contributed by atoms with van der Waals surface area (Å²) >= 11 is 0. The Labute approximate surface area is 166 Å². The predicted octanol–water partition coefficient (Wildman–Crippen LogP) is 1.03. The number of carbonyl (C=O) groups excluding carboxylic acids is 1. The molecule has 0 saturated carbocycles. The van der Waals surface area contributed by atoms with Crippen LogP contribution in [0.1, 0.15) is 25.5 Å². The van der Waals surface area contributed by atoms with Crippen LogP contribution >= 0.6 is 0 Å². The number of hydrogen-bond donors (Lipinski definition) is 2. The first-order valence-corrected chi connectivity index (χ1v) is 9.64. The average Bonchev–Trinajstić information content (AvgIpc) is 2.72. The first kappa shape index (κ1) is 20.3. The van der Waals surface area contributed by atoms with Gasteiger partial charge in [0.15, 0.2) is 0 Å². The first-order chi connectivity index (χ1) is 13.6. The first-order valence-electron chi connectivity index (χ1n) is 9.64. The fourth-order valence-electron chi connectivity index (χ4n) is 3.26. The smallest absolute Gasteiger partial charge is 0.254 e. The van der Waals surface area contributed by atoms with Crippen LogP contribution in [0, 0.1) is 0 Å². The van der Waals surface area contributed by atoms with E-state index in [1.165, 1.54) is 0 Å². The van der Waals surface area contributed by atoms with Crippen molar-refractivity contribution in [3.8, 4) is 0 Å². The van der Waals surface area contributed by atoms with Gasteiger partial charge in [-0.2, -0.15) is 0 Å². The van der Waals surface area contributed by atoms with E-state index in [4.69, 9.17) is 20.3 Å². The van der Waals surface area contributed by atoms with E-state index in [2.05, 4.69) is 10.3 Å². The topological polar surface area (TPSA) is 92.4 Å². The summed E-state index contributed by atoms with van der Waals surface area (Å²) in [6.07, 6.45) is 1.65. The molecule has 1 amide bonds. The Bertz CT molecular complexity index is 714. The summed E-state index contributed by atoms with van der Waals surface area (Å²) < 4.78 is 11.2. The number of amides is 1. The van der Waals surface area contributed by atoms with Crippen LogP contribution in [0.2, 0.25) is 0 Å². The molecule has 2 fully saturated rings. The summed E-state index contributed by atoms with van der Waals surface area (Å²) in [6.45, 7) is 7.14. The predicted molar refractivity (Wildman–Crippen MR) is 107 cm³/mol. The molecule has 0 aliphatic carbocycles. The molecule has 1 aromatic rings. The molecule has 0 radical (unpaired) electrons. The quantitative estimate of drug-likeness (QED) is 0.339. The molecular weight excluding hydrogens is 358 g/mol. The van der Waals surface area contributed by atoms with Crippen molar-refractivity contribution in [2.24, 2.45) is 10.8 Å². The number of nitrogens with zero attached hydrogens (tertiary/aromatic N) is 3. The van der Waals surface area contributed by atoms with E-state index in [0.29, 0.717) is 25.6 Å². The number of amidine groups is 1. The van der Waals surface area contributed by atoms with E-state index in [9.17, 15) is 4.79 Å². The molecule has 2 aliphatic rings. The van der Waals surface area contributed by atoms with Gasteiger partial charge in [-0.3, -0.25) is 14.7 Å². The number of nitrogens with one attached hydrogen (secondary N) is 1. The number of rotatable bonds is 5. The van der Waals surface area contributed by atoms with Gasteiger partial charge in [-0.05, 0) is 19.4 Å². The Hall–Kier alpha value is -2.42. The molecule has 0 aromatic heterocycles. The molecule has 0 bridgehead atoms. The molecule has 1 unspecified atom stereocenters. The molecule has 3 rings (SSSR count). The van der Waals surface area contributed by atoms with Gasteiger partial charge in [-0.15, -0.1) is 0 Å². The van der Waals surface area contributed by atoms with Gasteiger partial charge < -0.3 is 19.8 Å². The number of hydrogen-bond acceptors (Lipinski definition) is 7. The summed E-state index contributed by atoms with van der Waals surface area (Å²) in [7, 11) is 0. The van der Waals surface area contributed by atoms with Gasteiger partial charge in [0.25, 0.3) is 5.91 Å². The lowest BCUT2D eigenvalue weighted by molar-refractivity contribution is -0.143. The minimum atomic E-state index is -0.192. The number of hydrazine groups is 1. The Morgan fingerprint density at radius 1 is 1.29 bits per heavy atom. The Kier molecular flexibility index (Phi) is 7.02. The van der Waals surface area contributed by atoms with Crippen molar-refractivity contribution in [3.05, 3.63) is 47.8 Å². The fourth-order valence-corrected chi connectivity index (χ4v) is 3.26.